The Morgan fingerprint density at radius 1 is 1.07 bits per heavy atom. The molecule has 1 aliphatic rings. The van der Waals surface area contributed by atoms with Gasteiger partial charge in [-0.05, 0) is 37.3 Å². The quantitative estimate of drug-likeness (QED) is 0.269. The topological polar surface area (TPSA) is 136 Å². The van der Waals surface area contributed by atoms with Gasteiger partial charge in [-0.3, -0.25) is 14.4 Å². The van der Waals surface area contributed by atoms with Crippen LogP contribution in [0.2, 0.25) is 5.02 Å². The van der Waals surface area contributed by atoms with Crippen LogP contribution in [0.5, 0.6) is 5.75 Å². The van der Waals surface area contributed by atoms with Gasteiger partial charge in [0.05, 0.1) is 18.1 Å². The summed E-state index contributed by atoms with van der Waals surface area (Å²) in [6, 6.07) is 9.52. The molecule has 1 aliphatic heterocycles. The predicted molar refractivity (Wildman–Crippen MR) is 155 cm³/mol. The summed E-state index contributed by atoms with van der Waals surface area (Å²) in [7, 11) is 0. The smallest absolute Gasteiger partial charge is 0.410 e. The molecular weight excluding hydrogens is 598 g/mol. The average molecular weight is 625 g/mol. The van der Waals surface area contributed by atoms with Gasteiger partial charge in [-0.2, -0.15) is 0 Å². The second-order valence-electron chi connectivity index (χ2n) is 10.1. The zero-order valence-corrected chi connectivity index (χ0v) is 24.2. The van der Waals surface area contributed by atoms with Gasteiger partial charge in [0.2, 0.25) is 11.8 Å². The number of carbonyl (C=O) groups excluding carboxylic acids is 4. The molecule has 2 aromatic heterocycles. The fourth-order valence-electron chi connectivity index (χ4n) is 5.00. The molecule has 2 aromatic carbocycles. The third-order valence-corrected chi connectivity index (χ3v) is 7.41. The lowest BCUT2D eigenvalue weighted by Gasteiger charge is -2.24. The Bertz CT molecular complexity index is 1730. The van der Waals surface area contributed by atoms with Crippen molar-refractivity contribution in [2.75, 3.05) is 6.54 Å². The van der Waals surface area contributed by atoms with Crippen LogP contribution < -0.4 is 15.4 Å². The zero-order chi connectivity index (χ0) is 31.4. The number of ketones is 1. The number of amides is 3. The molecule has 11 nitrogen and oxygen atoms in total. The fraction of sp³-hybridized carbons (Fsp3) is 0.267. The first-order valence-corrected chi connectivity index (χ1v) is 14.0. The van der Waals surface area contributed by atoms with Crippen molar-refractivity contribution in [3.63, 3.8) is 0 Å². The molecule has 3 amide bonds. The van der Waals surface area contributed by atoms with Crippen LogP contribution in [-0.2, 0) is 29.2 Å². The average Bonchev–Trinajstić information content (AvgIpc) is 3.57. The molecule has 0 bridgehead atoms. The standard InChI is InChI=1S/C30H27ClF2N6O5/c1-17(40)22-15-38(24-7-6-20(11-21(22)24)44-30(43)37-13-26-34-8-3-9-35-26)16-27(41)39-14-19(32)10-25(39)29(42)36-12-18-4-2-5-23(31)28(18)33/h2-9,11,15,19,25H,10,12-14,16H2,1H3,(H,36,42)(H,37,43). The summed E-state index contributed by atoms with van der Waals surface area (Å²) in [5, 5.41) is 5.44. The lowest BCUT2D eigenvalue weighted by Crippen LogP contribution is -2.46. The highest BCUT2D eigenvalue weighted by molar-refractivity contribution is 6.30. The molecule has 2 N–H and O–H groups in total. The Hall–Kier alpha value is -4.91. The first-order valence-electron chi connectivity index (χ1n) is 13.6. The predicted octanol–water partition coefficient (Wildman–Crippen LogP) is 3.97. The minimum Gasteiger partial charge on any atom is -0.410 e. The largest absolute Gasteiger partial charge is 0.412 e. The van der Waals surface area contributed by atoms with Crippen LogP contribution >= 0.6 is 11.6 Å². The Morgan fingerprint density at radius 2 is 1.84 bits per heavy atom. The molecule has 2 atom stereocenters. The normalized spacial score (nSPS) is 16.1. The molecule has 4 aromatic rings. The monoisotopic (exact) mass is 624 g/mol. The van der Waals surface area contributed by atoms with Gasteiger partial charge in [-0.15, -0.1) is 0 Å². The number of hydrogen-bond donors (Lipinski definition) is 2. The number of aromatic nitrogens is 3. The van der Waals surface area contributed by atoms with E-state index in [2.05, 4.69) is 20.6 Å². The third-order valence-electron chi connectivity index (χ3n) is 7.12. The number of benzene rings is 2. The second kappa shape index (κ2) is 13.2. The second-order valence-corrected chi connectivity index (χ2v) is 10.5. The summed E-state index contributed by atoms with van der Waals surface area (Å²) >= 11 is 5.80. The fourth-order valence-corrected chi connectivity index (χ4v) is 5.19. The molecule has 1 fully saturated rings. The van der Waals surface area contributed by atoms with E-state index in [4.69, 9.17) is 16.3 Å². The van der Waals surface area contributed by atoms with E-state index < -0.39 is 35.9 Å². The Kier molecular flexibility index (Phi) is 9.14. The Balaban J connectivity index is 1.28. The van der Waals surface area contributed by atoms with Gasteiger partial charge in [0.1, 0.15) is 36.1 Å². The van der Waals surface area contributed by atoms with E-state index in [-0.39, 0.29) is 60.3 Å². The highest BCUT2D eigenvalue weighted by Gasteiger charge is 2.39. The van der Waals surface area contributed by atoms with Gasteiger partial charge < -0.3 is 24.8 Å². The van der Waals surface area contributed by atoms with E-state index in [9.17, 15) is 28.0 Å². The summed E-state index contributed by atoms with van der Waals surface area (Å²) in [5.41, 5.74) is 0.918. The van der Waals surface area contributed by atoms with Crippen molar-refractivity contribution in [3.8, 4) is 5.75 Å². The molecule has 228 valence electrons. The van der Waals surface area contributed by atoms with Crippen molar-refractivity contribution in [1.82, 2.24) is 30.1 Å². The van der Waals surface area contributed by atoms with E-state index in [0.29, 0.717) is 16.7 Å². The lowest BCUT2D eigenvalue weighted by atomic mass is 10.1. The summed E-state index contributed by atoms with van der Waals surface area (Å²) in [6.07, 6.45) is 2.18. The van der Waals surface area contributed by atoms with Crippen LogP contribution in [-0.4, -0.2) is 61.9 Å². The van der Waals surface area contributed by atoms with Gasteiger partial charge >= 0.3 is 6.09 Å². The SMILES string of the molecule is CC(=O)c1cn(CC(=O)N2CC(F)CC2C(=O)NCc2cccc(Cl)c2F)c2ccc(OC(=O)NCc3ncccn3)cc12. The van der Waals surface area contributed by atoms with Crippen LogP contribution in [0.3, 0.4) is 0 Å². The number of carbonyl (C=O) groups is 4. The minimum atomic E-state index is -1.42. The number of halogens is 3. The molecule has 1 saturated heterocycles. The Labute approximate surface area is 255 Å². The van der Waals surface area contributed by atoms with Crippen molar-refractivity contribution >= 4 is 46.2 Å². The van der Waals surface area contributed by atoms with Gasteiger partial charge in [0.25, 0.3) is 0 Å². The molecule has 44 heavy (non-hydrogen) atoms. The third kappa shape index (κ3) is 6.83. The lowest BCUT2D eigenvalue weighted by molar-refractivity contribution is -0.139. The van der Waals surface area contributed by atoms with E-state index in [1.807, 2.05) is 0 Å². The van der Waals surface area contributed by atoms with Crippen LogP contribution in [0, 0.1) is 5.82 Å². The number of fused-ring (bicyclic) bond motifs is 1. The van der Waals surface area contributed by atoms with Crippen LogP contribution in [0.1, 0.15) is 35.1 Å². The summed E-state index contributed by atoms with van der Waals surface area (Å²) in [5.74, 6) is -1.59. The molecule has 3 heterocycles. The van der Waals surface area contributed by atoms with Gasteiger partial charge in [-0.25, -0.2) is 23.5 Å². The first-order chi connectivity index (χ1) is 21.1. The number of alkyl halides is 1. The first kappa shape index (κ1) is 30.5. The summed E-state index contributed by atoms with van der Waals surface area (Å²) in [4.78, 5) is 60.3. The van der Waals surface area contributed by atoms with Crippen molar-refractivity contribution in [2.45, 2.75) is 45.2 Å². The number of Topliss-reactive ketones (excluding diaryl/α,β-unsaturated/α-hetero) is 1. The van der Waals surface area contributed by atoms with E-state index in [0.717, 1.165) is 4.90 Å². The van der Waals surface area contributed by atoms with Crippen molar-refractivity contribution in [1.29, 1.82) is 0 Å². The molecule has 0 aliphatic carbocycles. The van der Waals surface area contributed by atoms with Crippen LogP contribution in [0.15, 0.2) is 61.1 Å². The summed E-state index contributed by atoms with van der Waals surface area (Å²) < 4.78 is 35.6. The molecular formula is C30H27ClF2N6O5. The number of nitrogens with zero attached hydrogens (tertiary/aromatic N) is 4. The summed E-state index contributed by atoms with van der Waals surface area (Å²) in [6.45, 7) is 0.640. The molecule has 5 rings (SSSR count). The maximum absolute atomic E-state index is 14.5. The van der Waals surface area contributed by atoms with Crippen molar-refractivity contribution in [3.05, 3.63) is 88.8 Å². The molecule has 0 saturated carbocycles. The zero-order valence-electron chi connectivity index (χ0n) is 23.4. The maximum atomic E-state index is 14.5. The van der Waals surface area contributed by atoms with E-state index in [1.54, 1.807) is 24.5 Å². The van der Waals surface area contributed by atoms with Crippen molar-refractivity contribution < 1.29 is 32.7 Å². The van der Waals surface area contributed by atoms with Crippen LogP contribution in [0.25, 0.3) is 10.9 Å². The molecule has 0 spiro atoms. The van der Waals surface area contributed by atoms with E-state index in [1.165, 1.54) is 48.0 Å². The van der Waals surface area contributed by atoms with Gasteiger partial charge in [0, 0.05) is 53.6 Å². The maximum Gasteiger partial charge on any atom is 0.412 e. The van der Waals surface area contributed by atoms with E-state index >= 15 is 0 Å². The number of rotatable bonds is 9. The number of nitrogens with one attached hydrogen (secondary N) is 2. The highest BCUT2D eigenvalue weighted by Crippen LogP contribution is 2.28. The Morgan fingerprint density at radius 3 is 2.59 bits per heavy atom. The number of ether oxygens (including phenoxy) is 1. The van der Waals surface area contributed by atoms with Gasteiger partial charge in [-0.1, -0.05) is 23.7 Å². The molecule has 0 radical (unpaired) electrons. The highest BCUT2D eigenvalue weighted by atomic mass is 35.5. The molecule has 14 heteroatoms. The van der Waals surface area contributed by atoms with Crippen LogP contribution in [0.4, 0.5) is 13.6 Å². The van der Waals surface area contributed by atoms with Crippen molar-refractivity contribution in [2.24, 2.45) is 0 Å². The molecule has 2 unspecified atom stereocenters. The number of hydrogen-bond acceptors (Lipinski definition) is 7. The minimum absolute atomic E-state index is 0.0475. The number of likely N-dealkylation sites (tertiary alicyclic amines) is 1. The van der Waals surface area contributed by atoms with Gasteiger partial charge in [0.15, 0.2) is 5.78 Å².